The fourth-order valence-corrected chi connectivity index (χ4v) is 3.91. The smallest absolute Gasteiger partial charge is 0.317 e. The van der Waals surface area contributed by atoms with Gasteiger partial charge in [-0.1, -0.05) is 54.6 Å². The summed E-state index contributed by atoms with van der Waals surface area (Å²) in [5.41, 5.74) is 2.75. The molecule has 1 unspecified atom stereocenters. The summed E-state index contributed by atoms with van der Waals surface area (Å²) in [4.78, 5) is 23.3. The molecule has 0 spiro atoms. The minimum Gasteiger partial charge on any atom is -0.471 e. The molecule has 5 rings (SSSR count). The highest BCUT2D eigenvalue weighted by Gasteiger charge is 2.28. The van der Waals surface area contributed by atoms with Gasteiger partial charge in [0, 0.05) is 19.5 Å². The standard InChI is InChI=1S/C24H22N4O2/c29-24(26-14-18-8-5-7-17-6-1-2-9-20(17)18)28-13-12-19(16-28)30-23-15-25-21-10-3-4-11-22(21)27-23/h1-11,15,19H,12-14,16H2,(H,26,29). The van der Waals surface area contributed by atoms with Crippen molar-refractivity contribution in [2.75, 3.05) is 13.1 Å². The van der Waals surface area contributed by atoms with E-state index in [9.17, 15) is 4.79 Å². The molecule has 2 heterocycles. The van der Waals surface area contributed by atoms with E-state index < -0.39 is 0 Å². The van der Waals surface area contributed by atoms with Crippen LogP contribution in [0.5, 0.6) is 5.88 Å². The number of nitrogens with zero attached hydrogens (tertiary/aromatic N) is 3. The minimum atomic E-state index is -0.0798. The molecule has 1 aliphatic rings. The van der Waals surface area contributed by atoms with Gasteiger partial charge in [0.15, 0.2) is 0 Å². The summed E-state index contributed by atoms with van der Waals surface area (Å²) in [6.45, 7) is 1.70. The van der Waals surface area contributed by atoms with Gasteiger partial charge in [0.25, 0.3) is 0 Å². The van der Waals surface area contributed by atoms with Crippen LogP contribution >= 0.6 is 0 Å². The lowest BCUT2D eigenvalue weighted by atomic mass is 10.0. The van der Waals surface area contributed by atoms with Gasteiger partial charge in [0.2, 0.25) is 5.88 Å². The molecule has 0 saturated carbocycles. The van der Waals surface area contributed by atoms with Crippen LogP contribution in [0, 0.1) is 0 Å². The molecule has 1 saturated heterocycles. The Bertz CT molecular complexity index is 1200. The molecular formula is C24H22N4O2. The van der Waals surface area contributed by atoms with Crippen LogP contribution in [-0.4, -0.2) is 40.1 Å². The lowest BCUT2D eigenvalue weighted by molar-refractivity contribution is 0.183. The lowest BCUT2D eigenvalue weighted by Gasteiger charge is -2.18. The summed E-state index contributed by atoms with van der Waals surface area (Å²) in [6, 6.07) is 22.0. The summed E-state index contributed by atoms with van der Waals surface area (Å²) in [5, 5.41) is 5.39. The first-order valence-corrected chi connectivity index (χ1v) is 10.1. The molecule has 1 fully saturated rings. The summed E-state index contributed by atoms with van der Waals surface area (Å²) in [5.74, 6) is 0.497. The van der Waals surface area contributed by atoms with E-state index in [1.807, 2.05) is 42.5 Å². The van der Waals surface area contributed by atoms with E-state index in [1.165, 1.54) is 5.39 Å². The van der Waals surface area contributed by atoms with Gasteiger partial charge in [-0.2, -0.15) is 0 Å². The number of carbonyl (C=O) groups excluding carboxylic acids is 1. The highest BCUT2D eigenvalue weighted by atomic mass is 16.5. The van der Waals surface area contributed by atoms with Crippen LogP contribution in [0.15, 0.2) is 72.9 Å². The number of hydrogen-bond donors (Lipinski definition) is 1. The van der Waals surface area contributed by atoms with Gasteiger partial charge in [-0.05, 0) is 28.5 Å². The van der Waals surface area contributed by atoms with Crippen LogP contribution in [-0.2, 0) is 6.54 Å². The Balaban J connectivity index is 1.19. The number of benzene rings is 3. The van der Waals surface area contributed by atoms with E-state index in [4.69, 9.17) is 4.74 Å². The van der Waals surface area contributed by atoms with Crippen LogP contribution in [0.3, 0.4) is 0 Å². The quantitative estimate of drug-likeness (QED) is 0.561. The van der Waals surface area contributed by atoms with Crippen LogP contribution in [0.4, 0.5) is 4.79 Å². The zero-order valence-corrected chi connectivity index (χ0v) is 16.5. The zero-order valence-electron chi connectivity index (χ0n) is 16.5. The van der Waals surface area contributed by atoms with Gasteiger partial charge in [-0.15, -0.1) is 0 Å². The van der Waals surface area contributed by atoms with E-state index in [0.29, 0.717) is 25.5 Å². The third-order valence-corrected chi connectivity index (χ3v) is 5.46. The Morgan fingerprint density at radius 1 is 1.03 bits per heavy atom. The van der Waals surface area contributed by atoms with Crippen molar-refractivity contribution in [3.8, 4) is 5.88 Å². The Kier molecular flexibility index (Phi) is 4.89. The van der Waals surface area contributed by atoms with E-state index in [1.54, 1.807) is 11.1 Å². The number of ether oxygens (including phenoxy) is 1. The monoisotopic (exact) mass is 398 g/mol. The Labute approximate surface area is 174 Å². The van der Waals surface area contributed by atoms with Crippen LogP contribution in [0.1, 0.15) is 12.0 Å². The predicted molar refractivity (Wildman–Crippen MR) is 116 cm³/mol. The van der Waals surface area contributed by atoms with Crippen LogP contribution in [0.2, 0.25) is 0 Å². The van der Waals surface area contributed by atoms with Crippen molar-refractivity contribution < 1.29 is 9.53 Å². The largest absolute Gasteiger partial charge is 0.471 e. The maximum Gasteiger partial charge on any atom is 0.317 e. The fraction of sp³-hybridized carbons (Fsp3) is 0.208. The molecule has 4 aromatic rings. The number of carbonyl (C=O) groups is 1. The minimum absolute atomic E-state index is 0.0707. The number of rotatable bonds is 4. The number of urea groups is 1. The van der Waals surface area contributed by atoms with Crippen LogP contribution in [0.25, 0.3) is 21.8 Å². The van der Waals surface area contributed by atoms with E-state index in [2.05, 4.69) is 39.6 Å². The fourth-order valence-electron chi connectivity index (χ4n) is 3.91. The van der Waals surface area contributed by atoms with Crippen molar-refractivity contribution in [2.24, 2.45) is 0 Å². The summed E-state index contributed by atoms with van der Waals surface area (Å²) >= 11 is 0. The Morgan fingerprint density at radius 3 is 2.77 bits per heavy atom. The molecule has 3 aromatic carbocycles. The molecule has 150 valence electrons. The maximum absolute atomic E-state index is 12.7. The molecule has 6 nitrogen and oxygen atoms in total. The molecule has 0 radical (unpaired) electrons. The SMILES string of the molecule is O=C(NCc1cccc2ccccc12)N1CCC(Oc2cnc3ccccc3n2)C1. The van der Waals surface area contributed by atoms with Crippen molar-refractivity contribution in [3.05, 3.63) is 78.5 Å². The molecule has 1 N–H and O–H groups in total. The van der Waals surface area contributed by atoms with E-state index >= 15 is 0 Å². The first-order valence-electron chi connectivity index (χ1n) is 10.1. The number of aromatic nitrogens is 2. The van der Waals surface area contributed by atoms with Crippen molar-refractivity contribution in [2.45, 2.75) is 19.1 Å². The maximum atomic E-state index is 12.7. The average molecular weight is 398 g/mol. The lowest BCUT2D eigenvalue weighted by Crippen LogP contribution is -2.39. The van der Waals surface area contributed by atoms with Crippen LogP contribution < -0.4 is 10.1 Å². The second-order valence-electron chi connectivity index (χ2n) is 7.47. The first kappa shape index (κ1) is 18.4. The van der Waals surface area contributed by atoms with Crippen molar-refractivity contribution in [1.82, 2.24) is 20.2 Å². The molecule has 0 aliphatic carbocycles. The topological polar surface area (TPSA) is 67.4 Å². The predicted octanol–water partition coefficient (Wildman–Crippen LogP) is 4.15. The molecule has 1 aromatic heterocycles. The third-order valence-electron chi connectivity index (χ3n) is 5.46. The summed E-state index contributed by atoms with van der Waals surface area (Å²) < 4.78 is 5.99. The number of likely N-dealkylation sites (tertiary alicyclic amines) is 1. The zero-order chi connectivity index (χ0) is 20.3. The van der Waals surface area contributed by atoms with E-state index in [-0.39, 0.29) is 12.1 Å². The molecular weight excluding hydrogens is 376 g/mol. The molecule has 6 heteroatoms. The van der Waals surface area contributed by atoms with Gasteiger partial charge >= 0.3 is 6.03 Å². The highest BCUT2D eigenvalue weighted by molar-refractivity contribution is 5.86. The Hall–Kier alpha value is -3.67. The second-order valence-corrected chi connectivity index (χ2v) is 7.47. The average Bonchev–Trinajstić information content (AvgIpc) is 3.26. The molecule has 1 atom stereocenters. The molecule has 0 bridgehead atoms. The van der Waals surface area contributed by atoms with Gasteiger partial charge in [0.05, 0.1) is 23.8 Å². The number of nitrogens with one attached hydrogen (secondary N) is 1. The number of para-hydroxylation sites is 2. The number of hydrogen-bond acceptors (Lipinski definition) is 4. The number of amides is 2. The van der Waals surface area contributed by atoms with Gasteiger partial charge < -0.3 is 15.0 Å². The normalized spacial score (nSPS) is 16.1. The molecule has 30 heavy (non-hydrogen) atoms. The molecule has 1 aliphatic heterocycles. The summed E-state index contributed by atoms with van der Waals surface area (Å²) in [6.07, 6.45) is 2.34. The Morgan fingerprint density at radius 2 is 1.83 bits per heavy atom. The highest BCUT2D eigenvalue weighted by Crippen LogP contribution is 2.20. The van der Waals surface area contributed by atoms with Gasteiger partial charge in [-0.25, -0.2) is 14.8 Å². The van der Waals surface area contributed by atoms with Gasteiger partial charge in [-0.3, -0.25) is 0 Å². The molecule has 2 amide bonds. The first-order chi connectivity index (χ1) is 14.8. The third kappa shape index (κ3) is 3.76. The van der Waals surface area contributed by atoms with Crippen molar-refractivity contribution in [1.29, 1.82) is 0 Å². The van der Waals surface area contributed by atoms with Crippen molar-refractivity contribution in [3.63, 3.8) is 0 Å². The van der Waals surface area contributed by atoms with E-state index in [0.717, 1.165) is 28.4 Å². The van der Waals surface area contributed by atoms with Crippen molar-refractivity contribution >= 4 is 27.8 Å². The van der Waals surface area contributed by atoms with Gasteiger partial charge in [0.1, 0.15) is 6.10 Å². The summed E-state index contributed by atoms with van der Waals surface area (Å²) in [7, 11) is 0. The second kappa shape index (κ2) is 7.99. The number of fused-ring (bicyclic) bond motifs is 2.